The first-order chi connectivity index (χ1) is 10.3. The molecular formula is C15H12N6. The molecule has 1 aromatic carbocycles. The lowest BCUT2D eigenvalue weighted by molar-refractivity contribution is 0.848. The van der Waals surface area contributed by atoms with Gasteiger partial charge in [-0.05, 0) is 12.5 Å². The number of aromatic nitrogens is 6. The van der Waals surface area contributed by atoms with Crippen molar-refractivity contribution in [3.63, 3.8) is 0 Å². The number of nitrogens with zero attached hydrogens (tertiary/aromatic N) is 5. The number of H-pyrrole nitrogens is 1. The average Bonchev–Trinajstić information content (AvgIpc) is 3.16. The predicted octanol–water partition coefficient (Wildman–Crippen LogP) is 2.51. The fraction of sp³-hybridized carbons (Fsp3) is 0.0667. The fourth-order valence-electron chi connectivity index (χ4n) is 2.26. The molecule has 3 heterocycles. The van der Waals surface area contributed by atoms with Crippen molar-refractivity contribution >= 4 is 11.2 Å². The molecule has 0 saturated carbocycles. The number of imidazole rings is 1. The monoisotopic (exact) mass is 276 g/mol. The van der Waals surface area contributed by atoms with Crippen LogP contribution >= 0.6 is 0 Å². The number of benzene rings is 1. The topological polar surface area (TPSA) is 72.3 Å². The molecule has 0 aliphatic carbocycles. The molecule has 1 N–H and O–H groups in total. The minimum absolute atomic E-state index is 0.632. The van der Waals surface area contributed by atoms with E-state index in [4.69, 9.17) is 0 Å². The first-order valence-corrected chi connectivity index (χ1v) is 6.57. The van der Waals surface area contributed by atoms with Gasteiger partial charge in [-0.2, -0.15) is 5.10 Å². The van der Waals surface area contributed by atoms with Crippen LogP contribution in [-0.4, -0.2) is 29.7 Å². The lowest BCUT2D eigenvalue weighted by Gasteiger charge is -2.00. The van der Waals surface area contributed by atoms with Crippen LogP contribution in [0.25, 0.3) is 28.1 Å². The van der Waals surface area contributed by atoms with Crippen LogP contribution in [0.3, 0.4) is 0 Å². The SMILES string of the molecule is Cc1ccc(-c2cnn(-c3ncnc4nc[nH]c34)c2)cc1. The standard InChI is InChI=1S/C15H12N6/c1-10-2-4-11(5-3-10)12-6-20-21(7-12)15-13-14(17-8-16-13)18-9-19-15/h2-9H,1H3,(H,16,17,18,19). The molecule has 4 aromatic rings. The van der Waals surface area contributed by atoms with Crippen molar-refractivity contribution in [1.82, 2.24) is 29.7 Å². The second-order valence-corrected chi connectivity index (χ2v) is 4.84. The van der Waals surface area contributed by atoms with Gasteiger partial charge in [0.2, 0.25) is 0 Å². The van der Waals surface area contributed by atoms with Crippen LogP contribution in [0.1, 0.15) is 5.56 Å². The average molecular weight is 276 g/mol. The third-order valence-electron chi connectivity index (χ3n) is 3.39. The summed E-state index contributed by atoms with van der Waals surface area (Å²) in [4.78, 5) is 15.6. The van der Waals surface area contributed by atoms with Crippen LogP contribution in [0.15, 0.2) is 49.3 Å². The van der Waals surface area contributed by atoms with Gasteiger partial charge in [-0.1, -0.05) is 29.8 Å². The van der Waals surface area contributed by atoms with E-state index in [9.17, 15) is 0 Å². The lowest BCUT2D eigenvalue weighted by Crippen LogP contribution is -1.99. The van der Waals surface area contributed by atoms with E-state index in [-0.39, 0.29) is 0 Å². The molecule has 3 aromatic heterocycles. The number of nitrogens with one attached hydrogen (secondary N) is 1. The van der Waals surface area contributed by atoms with Gasteiger partial charge in [-0.15, -0.1) is 0 Å². The van der Waals surface area contributed by atoms with E-state index in [0.29, 0.717) is 11.5 Å². The van der Waals surface area contributed by atoms with Crippen molar-refractivity contribution in [2.45, 2.75) is 6.92 Å². The van der Waals surface area contributed by atoms with Crippen LogP contribution in [0.5, 0.6) is 0 Å². The minimum Gasteiger partial charge on any atom is -0.340 e. The van der Waals surface area contributed by atoms with E-state index in [1.165, 1.54) is 11.9 Å². The number of fused-ring (bicyclic) bond motifs is 1. The van der Waals surface area contributed by atoms with Crippen molar-refractivity contribution in [1.29, 1.82) is 0 Å². The maximum atomic E-state index is 4.39. The molecular weight excluding hydrogens is 264 g/mol. The second-order valence-electron chi connectivity index (χ2n) is 4.84. The smallest absolute Gasteiger partial charge is 0.182 e. The highest BCUT2D eigenvalue weighted by molar-refractivity contribution is 5.77. The van der Waals surface area contributed by atoms with Crippen molar-refractivity contribution < 1.29 is 0 Å². The molecule has 21 heavy (non-hydrogen) atoms. The van der Waals surface area contributed by atoms with E-state index in [0.717, 1.165) is 16.6 Å². The van der Waals surface area contributed by atoms with Gasteiger partial charge in [0.05, 0.1) is 12.5 Å². The van der Waals surface area contributed by atoms with Gasteiger partial charge in [-0.3, -0.25) is 0 Å². The summed E-state index contributed by atoms with van der Waals surface area (Å²) in [6.45, 7) is 2.07. The zero-order valence-corrected chi connectivity index (χ0v) is 11.4. The maximum absolute atomic E-state index is 4.39. The van der Waals surface area contributed by atoms with Crippen molar-refractivity contribution in [2.24, 2.45) is 0 Å². The Bertz CT molecular complexity index is 903. The number of hydrogen-bond acceptors (Lipinski definition) is 4. The zero-order valence-electron chi connectivity index (χ0n) is 11.4. The summed E-state index contributed by atoms with van der Waals surface area (Å²) in [5.41, 5.74) is 4.81. The quantitative estimate of drug-likeness (QED) is 0.610. The third-order valence-corrected chi connectivity index (χ3v) is 3.39. The number of rotatable bonds is 2. The largest absolute Gasteiger partial charge is 0.340 e. The molecule has 0 bridgehead atoms. The molecule has 0 fully saturated rings. The molecule has 0 radical (unpaired) electrons. The summed E-state index contributed by atoms with van der Waals surface area (Å²) in [6.07, 6.45) is 6.88. The molecule has 102 valence electrons. The maximum Gasteiger partial charge on any atom is 0.182 e. The highest BCUT2D eigenvalue weighted by atomic mass is 15.3. The Morgan fingerprint density at radius 2 is 1.86 bits per heavy atom. The van der Waals surface area contributed by atoms with E-state index in [1.54, 1.807) is 11.0 Å². The van der Waals surface area contributed by atoms with E-state index < -0.39 is 0 Å². The summed E-state index contributed by atoms with van der Waals surface area (Å²) >= 11 is 0. The highest BCUT2D eigenvalue weighted by Gasteiger charge is 2.10. The second kappa shape index (κ2) is 4.52. The fourth-order valence-corrected chi connectivity index (χ4v) is 2.26. The molecule has 0 aliphatic heterocycles. The molecule has 0 unspecified atom stereocenters. The van der Waals surface area contributed by atoms with Crippen molar-refractivity contribution in [3.05, 3.63) is 54.9 Å². The van der Waals surface area contributed by atoms with E-state index in [1.807, 2.05) is 12.4 Å². The summed E-state index contributed by atoms with van der Waals surface area (Å²) < 4.78 is 1.73. The Balaban J connectivity index is 1.81. The summed E-state index contributed by atoms with van der Waals surface area (Å²) in [7, 11) is 0. The van der Waals surface area contributed by atoms with Gasteiger partial charge in [0.25, 0.3) is 0 Å². The predicted molar refractivity (Wildman–Crippen MR) is 79.0 cm³/mol. The number of hydrogen-bond donors (Lipinski definition) is 1. The van der Waals surface area contributed by atoms with Gasteiger partial charge in [0.1, 0.15) is 11.8 Å². The van der Waals surface area contributed by atoms with E-state index in [2.05, 4.69) is 56.2 Å². The molecule has 0 amide bonds. The first kappa shape index (κ1) is 11.8. The van der Waals surface area contributed by atoms with Crippen LogP contribution in [-0.2, 0) is 0 Å². The third kappa shape index (κ3) is 1.97. The Hall–Kier alpha value is -3.02. The number of aromatic amines is 1. The first-order valence-electron chi connectivity index (χ1n) is 6.57. The van der Waals surface area contributed by atoms with Gasteiger partial charge in [0, 0.05) is 11.8 Å². The molecule has 6 heteroatoms. The number of aryl methyl sites for hydroxylation is 1. The van der Waals surface area contributed by atoms with E-state index >= 15 is 0 Å². The van der Waals surface area contributed by atoms with Crippen LogP contribution in [0.2, 0.25) is 0 Å². The van der Waals surface area contributed by atoms with Crippen molar-refractivity contribution in [3.8, 4) is 16.9 Å². The minimum atomic E-state index is 0.632. The van der Waals surface area contributed by atoms with Gasteiger partial charge < -0.3 is 4.98 Å². The molecule has 6 nitrogen and oxygen atoms in total. The van der Waals surface area contributed by atoms with Gasteiger partial charge >= 0.3 is 0 Å². The summed E-state index contributed by atoms with van der Waals surface area (Å²) in [5, 5.41) is 4.39. The molecule has 4 rings (SSSR count). The molecule has 0 aliphatic rings. The summed E-state index contributed by atoms with van der Waals surface area (Å²) in [6, 6.07) is 8.35. The highest BCUT2D eigenvalue weighted by Crippen LogP contribution is 2.21. The van der Waals surface area contributed by atoms with Crippen LogP contribution in [0.4, 0.5) is 0 Å². The van der Waals surface area contributed by atoms with Crippen LogP contribution < -0.4 is 0 Å². The Labute approximate surface area is 120 Å². The Morgan fingerprint density at radius 3 is 2.71 bits per heavy atom. The molecule has 0 atom stereocenters. The Kier molecular flexibility index (Phi) is 2.53. The summed E-state index contributed by atoms with van der Waals surface area (Å²) in [5.74, 6) is 0.691. The Morgan fingerprint density at radius 1 is 1.00 bits per heavy atom. The zero-order chi connectivity index (χ0) is 14.2. The van der Waals surface area contributed by atoms with Gasteiger partial charge in [-0.25, -0.2) is 19.6 Å². The molecule has 0 saturated heterocycles. The van der Waals surface area contributed by atoms with Gasteiger partial charge in [0.15, 0.2) is 11.5 Å². The lowest BCUT2D eigenvalue weighted by atomic mass is 10.1. The van der Waals surface area contributed by atoms with Crippen LogP contribution in [0, 0.1) is 6.92 Å². The molecule has 0 spiro atoms. The van der Waals surface area contributed by atoms with Crippen molar-refractivity contribution in [2.75, 3.05) is 0 Å². The normalized spacial score (nSPS) is 11.1.